The highest BCUT2D eigenvalue weighted by Gasteiger charge is 2.38. The van der Waals surface area contributed by atoms with Gasteiger partial charge in [-0.05, 0) is 62.9 Å². The molecule has 2 aromatic rings. The van der Waals surface area contributed by atoms with E-state index in [9.17, 15) is 23.4 Å². The van der Waals surface area contributed by atoms with Gasteiger partial charge in [0.2, 0.25) is 10.0 Å². The van der Waals surface area contributed by atoms with Crippen LogP contribution in [0.4, 0.5) is 10.5 Å². The molecule has 4 rings (SSSR count). The number of sulfonamides is 1. The van der Waals surface area contributed by atoms with E-state index in [2.05, 4.69) is 17.2 Å². The summed E-state index contributed by atoms with van der Waals surface area (Å²) >= 11 is 0. The number of aliphatic hydroxyl groups excluding tert-OH is 1. The maximum Gasteiger partial charge on any atom is 0.321 e. The van der Waals surface area contributed by atoms with Crippen LogP contribution in [0.25, 0.3) is 0 Å². The van der Waals surface area contributed by atoms with E-state index in [1.807, 2.05) is 6.92 Å². The molecule has 1 fully saturated rings. The normalized spacial score (nSPS) is 22.1. The van der Waals surface area contributed by atoms with Crippen molar-refractivity contribution in [3.8, 4) is 23.3 Å². The van der Waals surface area contributed by atoms with Gasteiger partial charge < -0.3 is 29.9 Å². The predicted molar refractivity (Wildman–Crippen MR) is 155 cm³/mol. The number of nitrogens with zero attached hydrogens (tertiary/aromatic N) is 2. The monoisotopic (exact) mass is 585 g/mol. The van der Waals surface area contributed by atoms with Crippen LogP contribution in [0, 0.1) is 17.8 Å². The van der Waals surface area contributed by atoms with Gasteiger partial charge in [0.25, 0.3) is 0 Å². The minimum absolute atomic E-state index is 0.0386. The molecule has 0 saturated heterocycles. The van der Waals surface area contributed by atoms with Crippen LogP contribution in [0.3, 0.4) is 0 Å². The van der Waals surface area contributed by atoms with E-state index in [1.54, 1.807) is 57.5 Å². The Morgan fingerprint density at radius 2 is 2.00 bits per heavy atom. The Morgan fingerprint density at radius 1 is 1.27 bits per heavy atom. The van der Waals surface area contributed by atoms with Crippen molar-refractivity contribution in [2.45, 2.75) is 62.2 Å². The fraction of sp³-hybridized carbons (Fsp3) is 0.500. The number of benzene rings is 2. The molecule has 0 radical (unpaired) electrons. The zero-order valence-corrected chi connectivity index (χ0v) is 24.8. The van der Waals surface area contributed by atoms with E-state index >= 15 is 0 Å². The minimum Gasteiger partial charge on any atom is -0.497 e. The van der Waals surface area contributed by atoms with Gasteiger partial charge in [0.15, 0.2) is 0 Å². The molecule has 1 heterocycles. The topological polar surface area (TPSA) is 129 Å². The maximum atomic E-state index is 13.7. The fourth-order valence-corrected chi connectivity index (χ4v) is 6.89. The molecule has 1 aliphatic carbocycles. The molecule has 0 bridgehead atoms. The number of carbonyl (C=O) groups excluding carboxylic acids is 1. The van der Waals surface area contributed by atoms with Gasteiger partial charge in [0, 0.05) is 42.9 Å². The number of hydrogen-bond acceptors (Lipinski definition) is 7. The quantitative estimate of drug-likeness (QED) is 0.444. The van der Waals surface area contributed by atoms with Crippen LogP contribution in [0.5, 0.6) is 11.5 Å². The van der Waals surface area contributed by atoms with Crippen molar-refractivity contribution in [2.75, 3.05) is 39.2 Å². The molecule has 10 nitrogen and oxygen atoms in total. The minimum atomic E-state index is -4.02. The second-order valence-electron chi connectivity index (χ2n) is 10.9. The van der Waals surface area contributed by atoms with Crippen LogP contribution in [-0.4, -0.2) is 85.5 Å². The first-order chi connectivity index (χ1) is 19.5. The summed E-state index contributed by atoms with van der Waals surface area (Å²) in [6.07, 6.45) is 2.45. The van der Waals surface area contributed by atoms with E-state index in [1.165, 1.54) is 15.3 Å². The van der Waals surface area contributed by atoms with Crippen LogP contribution in [0.1, 0.15) is 45.1 Å². The van der Waals surface area contributed by atoms with E-state index in [0.717, 1.165) is 12.8 Å². The van der Waals surface area contributed by atoms with Gasteiger partial charge in [-0.3, -0.25) is 0 Å². The lowest BCUT2D eigenvalue weighted by molar-refractivity contribution is 0.0830. The summed E-state index contributed by atoms with van der Waals surface area (Å²) in [7, 11) is -0.828. The summed E-state index contributed by atoms with van der Waals surface area (Å²) in [5, 5.41) is 23.4. The second-order valence-corrected chi connectivity index (χ2v) is 12.8. The Hall–Kier alpha value is -3.30. The number of methoxy groups -OCH3 is 1. The average Bonchev–Trinajstić information content (AvgIpc) is 3.39. The van der Waals surface area contributed by atoms with Gasteiger partial charge in [-0.1, -0.05) is 24.8 Å². The lowest BCUT2D eigenvalue weighted by Crippen LogP contribution is -2.50. The van der Waals surface area contributed by atoms with Crippen molar-refractivity contribution < 1.29 is 32.9 Å². The zero-order valence-electron chi connectivity index (χ0n) is 24.0. The third-order valence-electron chi connectivity index (χ3n) is 7.66. The summed E-state index contributed by atoms with van der Waals surface area (Å²) in [6, 6.07) is 10.6. The molecule has 3 N–H and O–H groups in total. The molecular weight excluding hydrogens is 546 g/mol. The van der Waals surface area contributed by atoms with Crippen molar-refractivity contribution in [3.05, 3.63) is 48.0 Å². The van der Waals surface area contributed by atoms with Crippen molar-refractivity contribution in [1.29, 1.82) is 0 Å². The molecule has 0 aromatic heterocycles. The van der Waals surface area contributed by atoms with Crippen molar-refractivity contribution in [2.24, 2.45) is 5.92 Å². The number of fused-ring (bicyclic) bond motifs is 1. The lowest BCUT2D eigenvalue weighted by Gasteiger charge is -2.37. The van der Waals surface area contributed by atoms with Crippen molar-refractivity contribution >= 4 is 21.7 Å². The molecule has 0 spiro atoms. The van der Waals surface area contributed by atoms with E-state index in [0.29, 0.717) is 29.8 Å². The Kier molecular flexibility index (Phi) is 9.49. The van der Waals surface area contributed by atoms with E-state index in [4.69, 9.17) is 9.47 Å². The molecule has 1 aliphatic heterocycles. The van der Waals surface area contributed by atoms with Crippen molar-refractivity contribution in [1.82, 2.24) is 9.21 Å². The predicted octanol–water partition coefficient (Wildman–Crippen LogP) is 3.28. The Labute approximate surface area is 242 Å². The molecule has 2 aromatic carbocycles. The van der Waals surface area contributed by atoms with Crippen molar-refractivity contribution in [3.63, 3.8) is 0 Å². The van der Waals surface area contributed by atoms with Crippen LogP contribution >= 0.6 is 0 Å². The Morgan fingerprint density at radius 3 is 2.68 bits per heavy atom. The number of urea groups is 1. The highest BCUT2D eigenvalue weighted by molar-refractivity contribution is 7.89. The SMILES string of the molecule is COc1cccc(NC(=O)N(C)C[C@H]2Oc3cc(C#CC4(O)CCCC4)ccc3S(=O)(=O)N([C@@H](C)CO)C[C@H]2C)c1. The first-order valence-electron chi connectivity index (χ1n) is 13.8. The fourth-order valence-electron chi connectivity index (χ4n) is 5.07. The summed E-state index contributed by atoms with van der Waals surface area (Å²) in [5.41, 5.74) is 0.0389. The molecule has 11 heteroatoms. The molecule has 222 valence electrons. The number of rotatable bonds is 6. The van der Waals surface area contributed by atoms with E-state index in [-0.39, 0.29) is 42.3 Å². The first kappa shape index (κ1) is 30.7. The molecule has 1 saturated carbocycles. The average molecular weight is 586 g/mol. The molecule has 2 amide bonds. The van der Waals surface area contributed by atoms with Gasteiger partial charge in [0.1, 0.15) is 28.1 Å². The van der Waals surface area contributed by atoms with Crippen LogP contribution in [-0.2, 0) is 10.0 Å². The standard InChI is InChI=1S/C30H39N3O7S/c1-21-18-33(22(2)20-34)41(37,38)28-11-10-23(12-15-30(36)13-5-6-14-30)16-26(28)40-27(21)19-32(3)29(35)31-24-8-7-9-25(17-24)39-4/h7-11,16-17,21-22,27,34,36H,5-6,13-14,18-20H2,1-4H3,(H,31,35)/t21-,22+,27-/m1/s1. The highest BCUT2D eigenvalue weighted by atomic mass is 32.2. The number of amides is 2. The Bertz CT molecular complexity index is 1410. The number of aliphatic hydroxyl groups is 2. The lowest BCUT2D eigenvalue weighted by atomic mass is 10.0. The molecule has 0 unspecified atom stereocenters. The summed E-state index contributed by atoms with van der Waals surface area (Å²) in [4.78, 5) is 14.5. The number of likely N-dealkylation sites (N-methyl/N-ethyl adjacent to an activating group) is 1. The third kappa shape index (κ3) is 7.13. The summed E-state index contributed by atoms with van der Waals surface area (Å²) < 4.78 is 40.3. The maximum absolute atomic E-state index is 13.7. The van der Waals surface area contributed by atoms with Crippen LogP contribution < -0.4 is 14.8 Å². The van der Waals surface area contributed by atoms with E-state index < -0.39 is 27.8 Å². The summed E-state index contributed by atoms with van der Waals surface area (Å²) in [5.74, 6) is 6.33. The number of hydrogen-bond donors (Lipinski definition) is 3. The molecular formula is C30H39N3O7S. The molecule has 2 aliphatic rings. The van der Waals surface area contributed by atoms with Crippen LogP contribution in [0.15, 0.2) is 47.4 Å². The van der Waals surface area contributed by atoms with Gasteiger partial charge in [-0.25, -0.2) is 13.2 Å². The number of carbonyl (C=O) groups is 1. The number of nitrogens with one attached hydrogen (secondary N) is 1. The van der Waals surface area contributed by atoms with Gasteiger partial charge in [-0.15, -0.1) is 0 Å². The van der Waals surface area contributed by atoms with Gasteiger partial charge in [-0.2, -0.15) is 4.31 Å². The van der Waals surface area contributed by atoms with Gasteiger partial charge >= 0.3 is 6.03 Å². The first-order valence-corrected chi connectivity index (χ1v) is 15.2. The number of anilines is 1. The highest BCUT2D eigenvalue weighted by Crippen LogP contribution is 2.35. The second kappa shape index (κ2) is 12.7. The third-order valence-corrected chi connectivity index (χ3v) is 9.68. The number of ether oxygens (including phenoxy) is 2. The molecule has 3 atom stereocenters. The molecule has 41 heavy (non-hydrogen) atoms. The smallest absolute Gasteiger partial charge is 0.321 e. The Balaban J connectivity index is 1.64. The van der Waals surface area contributed by atoms with Gasteiger partial charge in [0.05, 0.1) is 20.3 Å². The summed E-state index contributed by atoms with van der Waals surface area (Å²) in [6.45, 7) is 3.41. The largest absolute Gasteiger partial charge is 0.497 e. The zero-order chi connectivity index (χ0) is 29.8. The van der Waals surface area contributed by atoms with Crippen LogP contribution in [0.2, 0.25) is 0 Å².